The van der Waals surface area contributed by atoms with Gasteiger partial charge in [-0.15, -0.1) is 0 Å². The number of hydrogen-bond donors (Lipinski definition) is 3. The molecule has 1 heterocycles. The van der Waals surface area contributed by atoms with Crippen molar-refractivity contribution in [1.29, 1.82) is 0 Å². The van der Waals surface area contributed by atoms with Gasteiger partial charge in [0.05, 0.1) is 19.4 Å². The van der Waals surface area contributed by atoms with E-state index in [0.717, 1.165) is 4.90 Å². The summed E-state index contributed by atoms with van der Waals surface area (Å²) in [6, 6.07) is 1.91. The van der Waals surface area contributed by atoms with Gasteiger partial charge >= 0.3 is 12.0 Å². The van der Waals surface area contributed by atoms with Gasteiger partial charge in [0.1, 0.15) is 11.8 Å². The van der Waals surface area contributed by atoms with Gasteiger partial charge in [0.15, 0.2) is 0 Å². The second kappa shape index (κ2) is 7.17. The number of nitrogens with zero attached hydrogens (tertiary/aromatic N) is 1. The van der Waals surface area contributed by atoms with Crippen LogP contribution in [-0.2, 0) is 16.1 Å². The van der Waals surface area contributed by atoms with Crippen LogP contribution >= 0.6 is 0 Å². The topological polar surface area (TPSA) is 112 Å². The predicted molar refractivity (Wildman–Crippen MR) is 68.8 cm³/mol. The number of carboxylic acids is 1. The summed E-state index contributed by atoms with van der Waals surface area (Å²) < 4.78 is 5.02. The molecule has 0 aliphatic heterocycles. The summed E-state index contributed by atoms with van der Waals surface area (Å²) in [5, 5.41) is 13.6. The third-order valence-electron chi connectivity index (χ3n) is 2.74. The Kier molecular flexibility index (Phi) is 5.57. The highest BCUT2D eigenvalue weighted by Gasteiger charge is 2.21. The molecule has 1 unspecified atom stereocenters. The number of amides is 3. The summed E-state index contributed by atoms with van der Waals surface area (Å²) >= 11 is 0. The van der Waals surface area contributed by atoms with E-state index in [1.807, 2.05) is 0 Å². The molecule has 1 rings (SSSR count). The summed E-state index contributed by atoms with van der Waals surface area (Å²) in [6.07, 6.45) is 1.49. The molecule has 0 saturated heterocycles. The number of likely N-dealkylation sites (N-methyl/N-ethyl adjacent to an activating group) is 1. The smallest absolute Gasteiger partial charge is 0.326 e. The van der Waals surface area contributed by atoms with E-state index in [-0.39, 0.29) is 13.1 Å². The molecule has 20 heavy (non-hydrogen) atoms. The minimum absolute atomic E-state index is 0.203. The SMILES string of the molecule is CC(C(=O)O)N(C)C(=O)CNC(=O)NCc1ccco1. The van der Waals surface area contributed by atoms with Gasteiger partial charge in [-0.25, -0.2) is 9.59 Å². The highest BCUT2D eigenvalue weighted by molar-refractivity contribution is 5.87. The Bertz CT molecular complexity index is 471. The van der Waals surface area contributed by atoms with E-state index in [1.54, 1.807) is 12.1 Å². The number of aliphatic carboxylic acids is 1. The van der Waals surface area contributed by atoms with Crippen molar-refractivity contribution < 1.29 is 23.9 Å². The van der Waals surface area contributed by atoms with Crippen LogP contribution in [0.2, 0.25) is 0 Å². The molecule has 0 fully saturated rings. The van der Waals surface area contributed by atoms with Crippen LogP contribution in [0.25, 0.3) is 0 Å². The largest absolute Gasteiger partial charge is 0.480 e. The summed E-state index contributed by atoms with van der Waals surface area (Å²) in [6.45, 7) is 1.31. The summed E-state index contributed by atoms with van der Waals surface area (Å²) in [5.41, 5.74) is 0. The fourth-order valence-corrected chi connectivity index (χ4v) is 1.31. The molecule has 1 aromatic rings. The zero-order valence-electron chi connectivity index (χ0n) is 11.3. The average Bonchev–Trinajstić information content (AvgIpc) is 2.93. The normalized spacial score (nSPS) is 11.5. The van der Waals surface area contributed by atoms with Crippen molar-refractivity contribution in [2.75, 3.05) is 13.6 Å². The van der Waals surface area contributed by atoms with E-state index in [0.29, 0.717) is 5.76 Å². The molecule has 3 amide bonds. The molecular formula is C12H17N3O5. The lowest BCUT2D eigenvalue weighted by atomic mass is 10.3. The molecule has 3 N–H and O–H groups in total. The number of carbonyl (C=O) groups is 3. The second-order valence-electron chi connectivity index (χ2n) is 4.13. The van der Waals surface area contributed by atoms with Gasteiger partial charge in [0.2, 0.25) is 5.91 Å². The third-order valence-corrected chi connectivity index (χ3v) is 2.74. The number of carboxylic acid groups (broad SMARTS) is 1. The first-order chi connectivity index (χ1) is 9.41. The van der Waals surface area contributed by atoms with Crippen LogP contribution in [0.1, 0.15) is 12.7 Å². The van der Waals surface area contributed by atoms with Crippen molar-refractivity contribution in [3.8, 4) is 0 Å². The number of carbonyl (C=O) groups excluding carboxylic acids is 2. The summed E-state index contributed by atoms with van der Waals surface area (Å²) in [7, 11) is 1.36. The maximum Gasteiger partial charge on any atom is 0.326 e. The van der Waals surface area contributed by atoms with Crippen LogP contribution in [0.3, 0.4) is 0 Å². The van der Waals surface area contributed by atoms with Crippen molar-refractivity contribution in [1.82, 2.24) is 15.5 Å². The number of rotatable bonds is 6. The number of furan rings is 1. The molecule has 0 aliphatic carbocycles. The van der Waals surface area contributed by atoms with Crippen LogP contribution in [0.5, 0.6) is 0 Å². The summed E-state index contributed by atoms with van der Waals surface area (Å²) in [4.78, 5) is 34.8. The Labute approximate surface area is 115 Å². The maximum absolute atomic E-state index is 11.6. The zero-order chi connectivity index (χ0) is 15.1. The summed E-state index contributed by atoms with van der Waals surface area (Å²) in [5.74, 6) is -1.01. The average molecular weight is 283 g/mol. The molecule has 110 valence electrons. The van der Waals surface area contributed by atoms with Crippen LogP contribution < -0.4 is 10.6 Å². The quantitative estimate of drug-likeness (QED) is 0.681. The van der Waals surface area contributed by atoms with Crippen molar-refractivity contribution in [2.24, 2.45) is 0 Å². The predicted octanol–water partition coefficient (Wildman–Crippen LogP) is 0.0103. The molecule has 8 nitrogen and oxygen atoms in total. The molecule has 0 aromatic carbocycles. The molecule has 0 bridgehead atoms. The lowest BCUT2D eigenvalue weighted by molar-refractivity contribution is -0.147. The first-order valence-corrected chi connectivity index (χ1v) is 5.94. The Morgan fingerprint density at radius 2 is 2.10 bits per heavy atom. The van der Waals surface area contributed by atoms with E-state index in [4.69, 9.17) is 9.52 Å². The first kappa shape index (κ1) is 15.5. The van der Waals surface area contributed by atoms with E-state index in [1.165, 1.54) is 20.2 Å². The fourth-order valence-electron chi connectivity index (χ4n) is 1.31. The lowest BCUT2D eigenvalue weighted by Crippen LogP contribution is -2.47. The van der Waals surface area contributed by atoms with Crippen LogP contribution in [-0.4, -0.2) is 47.5 Å². The number of hydrogen-bond acceptors (Lipinski definition) is 4. The molecule has 1 atom stereocenters. The van der Waals surface area contributed by atoms with E-state index >= 15 is 0 Å². The van der Waals surface area contributed by atoms with Gasteiger partial charge in [-0.2, -0.15) is 0 Å². The minimum Gasteiger partial charge on any atom is -0.480 e. The molecular weight excluding hydrogens is 266 g/mol. The van der Waals surface area contributed by atoms with Crippen LogP contribution in [0.15, 0.2) is 22.8 Å². The molecule has 0 spiro atoms. The third kappa shape index (κ3) is 4.63. The van der Waals surface area contributed by atoms with Gasteiger partial charge in [-0.05, 0) is 19.1 Å². The molecule has 1 aromatic heterocycles. The Morgan fingerprint density at radius 1 is 1.40 bits per heavy atom. The van der Waals surface area contributed by atoms with Crippen molar-refractivity contribution in [2.45, 2.75) is 19.5 Å². The molecule has 0 aliphatic rings. The minimum atomic E-state index is -1.11. The van der Waals surface area contributed by atoms with Crippen LogP contribution in [0, 0.1) is 0 Å². The van der Waals surface area contributed by atoms with E-state index in [2.05, 4.69) is 10.6 Å². The van der Waals surface area contributed by atoms with Crippen molar-refractivity contribution in [3.63, 3.8) is 0 Å². The van der Waals surface area contributed by atoms with Gasteiger partial charge in [0.25, 0.3) is 0 Å². The Balaban J connectivity index is 2.29. The lowest BCUT2D eigenvalue weighted by Gasteiger charge is -2.21. The molecule has 0 radical (unpaired) electrons. The zero-order valence-corrected chi connectivity index (χ0v) is 11.3. The maximum atomic E-state index is 11.6. The number of nitrogens with one attached hydrogen (secondary N) is 2. The second-order valence-corrected chi connectivity index (χ2v) is 4.13. The fraction of sp³-hybridized carbons (Fsp3) is 0.417. The molecule has 8 heteroatoms. The van der Waals surface area contributed by atoms with Crippen molar-refractivity contribution in [3.05, 3.63) is 24.2 Å². The van der Waals surface area contributed by atoms with Crippen LogP contribution in [0.4, 0.5) is 4.79 Å². The highest BCUT2D eigenvalue weighted by atomic mass is 16.4. The molecule has 0 saturated carbocycles. The van der Waals surface area contributed by atoms with E-state index < -0.39 is 23.9 Å². The standard InChI is InChI=1S/C12H17N3O5/c1-8(11(17)18)15(2)10(16)7-14-12(19)13-6-9-4-3-5-20-9/h3-5,8H,6-7H2,1-2H3,(H,17,18)(H2,13,14,19). The highest BCUT2D eigenvalue weighted by Crippen LogP contribution is 1.98. The van der Waals surface area contributed by atoms with Gasteiger partial charge in [-0.1, -0.05) is 0 Å². The van der Waals surface area contributed by atoms with E-state index in [9.17, 15) is 14.4 Å². The van der Waals surface area contributed by atoms with Gasteiger partial charge in [-0.3, -0.25) is 4.79 Å². The Morgan fingerprint density at radius 3 is 2.65 bits per heavy atom. The van der Waals surface area contributed by atoms with Crippen molar-refractivity contribution >= 4 is 17.9 Å². The van der Waals surface area contributed by atoms with Gasteiger partial charge < -0.3 is 25.1 Å². The van der Waals surface area contributed by atoms with Gasteiger partial charge in [0, 0.05) is 7.05 Å². The Hall–Kier alpha value is -2.51. The first-order valence-electron chi connectivity index (χ1n) is 5.94. The number of urea groups is 1. The monoisotopic (exact) mass is 283 g/mol.